The molecule has 3 aromatic heterocycles. The zero-order valence-electron chi connectivity index (χ0n) is 17.9. The van der Waals surface area contributed by atoms with Gasteiger partial charge in [0.2, 0.25) is 5.95 Å². The van der Waals surface area contributed by atoms with Gasteiger partial charge in [-0.1, -0.05) is 0 Å². The van der Waals surface area contributed by atoms with Crippen molar-refractivity contribution in [1.29, 1.82) is 0 Å². The van der Waals surface area contributed by atoms with Gasteiger partial charge >= 0.3 is 6.18 Å². The first kappa shape index (κ1) is 19.9. The molecule has 0 radical (unpaired) electrons. The highest BCUT2D eigenvalue weighted by Gasteiger charge is 2.79. The summed E-state index contributed by atoms with van der Waals surface area (Å²) in [6.45, 7) is 3.53. The van der Waals surface area contributed by atoms with E-state index in [4.69, 9.17) is 14.7 Å². The third-order valence-corrected chi connectivity index (χ3v) is 7.27. The van der Waals surface area contributed by atoms with Crippen molar-refractivity contribution in [3.63, 3.8) is 0 Å². The van der Waals surface area contributed by atoms with E-state index in [1.807, 2.05) is 37.2 Å². The number of alkyl halides is 3. The van der Waals surface area contributed by atoms with Gasteiger partial charge in [-0.15, -0.1) is 0 Å². The third kappa shape index (κ3) is 2.78. The smallest absolute Gasteiger partial charge is 0.370 e. The molecule has 4 heterocycles. The summed E-state index contributed by atoms with van der Waals surface area (Å²) in [6, 6.07) is 3.77. The fraction of sp³-hybridized carbons (Fsp3) is 0.545. The highest BCUT2D eigenvalue weighted by Crippen LogP contribution is 2.78. The van der Waals surface area contributed by atoms with E-state index >= 15 is 0 Å². The number of morpholine rings is 1. The Balaban J connectivity index is 1.37. The predicted molar refractivity (Wildman–Crippen MR) is 110 cm³/mol. The monoisotopic (exact) mass is 444 g/mol. The lowest BCUT2D eigenvalue weighted by molar-refractivity contribution is -0.337. The number of fused-ring (bicyclic) bond motifs is 1. The summed E-state index contributed by atoms with van der Waals surface area (Å²) < 4.78 is 48.1. The van der Waals surface area contributed by atoms with Crippen LogP contribution in [0.25, 0.3) is 11.0 Å². The molecule has 1 saturated heterocycles. The van der Waals surface area contributed by atoms with E-state index in [1.54, 1.807) is 10.9 Å². The van der Waals surface area contributed by atoms with Crippen LogP contribution in [0.2, 0.25) is 0 Å². The second-order valence-electron chi connectivity index (χ2n) is 9.54. The number of pyridine rings is 1. The highest BCUT2D eigenvalue weighted by molar-refractivity contribution is 5.81. The van der Waals surface area contributed by atoms with Crippen molar-refractivity contribution in [3.05, 3.63) is 41.5 Å². The van der Waals surface area contributed by atoms with Crippen LogP contribution in [0.5, 0.6) is 0 Å². The molecule has 0 amide bonds. The summed E-state index contributed by atoms with van der Waals surface area (Å²) in [6.07, 6.45) is -0.321. The molecule has 0 spiro atoms. The summed E-state index contributed by atoms with van der Waals surface area (Å²) in [5, 5.41) is 4.98. The lowest BCUT2D eigenvalue weighted by Gasteiger charge is -2.70. The molecule has 3 aromatic rings. The molecule has 1 aliphatic heterocycles. The Morgan fingerprint density at radius 1 is 1.12 bits per heavy atom. The number of halogens is 3. The van der Waals surface area contributed by atoms with E-state index in [1.165, 1.54) is 0 Å². The molecule has 3 saturated carbocycles. The second kappa shape index (κ2) is 6.40. The van der Waals surface area contributed by atoms with Crippen molar-refractivity contribution >= 4 is 17.0 Å². The van der Waals surface area contributed by atoms with Crippen LogP contribution in [-0.2, 0) is 17.2 Å². The normalized spacial score (nSPS) is 29.7. The molecule has 3 aliphatic carbocycles. The number of aromatic nitrogens is 5. The van der Waals surface area contributed by atoms with Crippen molar-refractivity contribution in [3.8, 4) is 0 Å². The minimum Gasteiger partial charge on any atom is -0.370 e. The molecular weight excluding hydrogens is 421 g/mol. The summed E-state index contributed by atoms with van der Waals surface area (Å²) in [7, 11) is 1.86. The van der Waals surface area contributed by atoms with Crippen LogP contribution in [0.4, 0.5) is 19.1 Å². The van der Waals surface area contributed by atoms with Crippen molar-refractivity contribution in [2.45, 2.75) is 43.9 Å². The van der Waals surface area contributed by atoms with Gasteiger partial charge in [0.15, 0.2) is 5.65 Å². The fourth-order valence-corrected chi connectivity index (χ4v) is 5.62. The van der Waals surface area contributed by atoms with Gasteiger partial charge in [-0.2, -0.15) is 23.3 Å². The quantitative estimate of drug-likeness (QED) is 0.615. The first-order valence-electron chi connectivity index (χ1n) is 10.8. The first-order chi connectivity index (χ1) is 15.2. The molecular formula is C22H23F3N6O. The Hall–Kier alpha value is -2.75. The molecule has 168 valence electrons. The van der Waals surface area contributed by atoms with Crippen molar-refractivity contribution in [2.75, 3.05) is 24.6 Å². The third-order valence-electron chi connectivity index (χ3n) is 7.27. The van der Waals surface area contributed by atoms with Gasteiger partial charge in [-0.05, 0) is 38.3 Å². The largest absolute Gasteiger partial charge is 0.394 e. The van der Waals surface area contributed by atoms with E-state index < -0.39 is 17.0 Å². The summed E-state index contributed by atoms with van der Waals surface area (Å²) in [5.74, 6) is 0.508. The van der Waals surface area contributed by atoms with E-state index in [-0.39, 0.29) is 25.4 Å². The molecule has 0 N–H and O–H groups in total. The SMILES string of the molecule is Cc1ccc2c(C34CC(C(F)(F)F)(C3)C4)nc(N3CCOC(c4cnn(C)c4)C3)nc2n1. The molecule has 2 bridgehead atoms. The van der Waals surface area contributed by atoms with Gasteiger partial charge in [0, 0.05) is 41.8 Å². The Kier molecular flexibility index (Phi) is 3.98. The number of aryl methyl sites for hydroxylation is 2. The maximum Gasteiger partial charge on any atom is 0.394 e. The van der Waals surface area contributed by atoms with Crippen LogP contribution in [0.1, 0.15) is 42.3 Å². The Labute approximate surface area is 182 Å². The summed E-state index contributed by atoms with van der Waals surface area (Å²) in [5.41, 5.74) is 0.969. The molecule has 7 rings (SSSR count). The molecule has 1 atom stereocenters. The van der Waals surface area contributed by atoms with Crippen LogP contribution in [0, 0.1) is 12.3 Å². The lowest BCUT2D eigenvalue weighted by atomic mass is 9.33. The Morgan fingerprint density at radius 2 is 1.91 bits per heavy atom. The van der Waals surface area contributed by atoms with Crippen LogP contribution in [0.3, 0.4) is 0 Å². The first-order valence-corrected chi connectivity index (χ1v) is 10.8. The van der Waals surface area contributed by atoms with E-state index in [2.05, 4.69) is 10.1 Å². The molecule has 0 aromatic carbocycles. The minimum atomic E-state index is -4.16. The Bertz CT molecular complexity index is 1200. The fourth-order valence-electron chi connectivity index (χ4n) is 5.62. The number of anilines is 1. The number of nitrogens with zero attached hydrogens (tertiary/aromatic N) is 6. The predicted octanol–water partition coefficient (Wildman–Crippen LogP) is 3.63. The standard InChI is InChI=1S/C22H23F3N6O/c1-13-3-4-15-17(20-10-21(11-20,12-20)22(23,24)25)28-19(29-18(15)27-13)31-5-6-32-16(9-31)14-7-26-30(2)8-14/h3-4,7-8,16H,5-6,9-12H2,1-2H3. The van der Waals surface area contributed by atoms with E-state index in [0.717, 1.165) is 16.6 Å². The maximum absolute atomic E-state index is 13.5. The van der Waals surface area contributed by atoms with Crippen LogP contribution in [0.15, 0.2) is 24.5 Å². The zero-order valence-corrected chi connectivity index (χ0v) is 17.9. The van der Waals surface area contributed by atoms with Gasteiger partial charge in [0.25, 0.3) is 0 Å². The van der Waals surface area contributed by atoms with E-state index in [9.17, 15) is 13.2 Å². The molecule has 1 unspecified atom stereocenters. The maximum atomic E-state index is 13.5. The second-order valence-corrected chi connectivity index (χ2v) is 9.54. The molecule has 4 aliphatic rings. The molecule has 4 fully saturated rings. The number of hydrogen-bond donors (Lipinski definition) is 0. The Morgan fingerprint density at radius 3 is 2.59 bits per heavy atom. The van der Waals surface area contributed by atoms with Crippen LogP contribution >= 0.6 is 0 Å². The minimum absolute atomic E-state index is 0.102. The van der Waals surface area contributed by atoms with Gasteiger partial charge in [0.1, 0.15) is 6.10 Å². The van der Waals surface area contributed by atoms with Crippen molar-refractivity contribution < 1.29 is 17.9 Å². The molecule has 32 heavy (non-hydrogen) atoms. The lowest BCUT2D eigenvalue weighted by Crippen LogP contribution is -2.70. The van der Waals surface area contributed by atoms with Crippen LogP contribution in [-0.4, -0.2) is 50.6 Å². The number of rotatable bonds is 3. The van der Waals surface area contributed by atoms with Crippen molar-refractivity contribution in [1.82, 2.24) is 24.7 Å². The average molecular weight is 444 g/mol. The topological polar surface area (TPSA) is 69.0 Å². The van der Waals surface area contributed by atoms with Gasteiger partial charge in [-0.3, -0.25) is 4.68 Å². The number of ether oxygens (including phenoxy) is 1. The summed E-state index contributed by atoms with van der Waals surface area (Å²) in [4.78, 5) is 16.2. The van der Waals surface area contributed by atoms with E-state index in [0.29, 0.717) is 37.0 Å². The molecule has 7 nitrogen and oxygen atoms in total. The van der Waals surface area contributed by atoms with Gasteiger partial charge in [-0.25, -0.2) is 9.97 Å². The molecule has 10 heteroatoms. The van der Waals surface area contributed by atoms with Crippen molar-refractivity contribution in [2.24, 2.45) is 12.5 Å². The van der Waals surface area contributed by atoms with Gasteiger partial charge in [0.05, 0.1) is 30.5 Å². The average Bonchev–Trinajstić information content (AvgIpc) is 3.11. The zero-order chi connectivity index (χ0) is 22.3. The highest BCUT2D eigenvalue weighted by atomic mass is 19.4. The van der Waals surface area contributed by atoms with Crippen LogP contribution < -0.4 is 4.90 Å². The number of hydrogen-bond acceptors (Lipinski definition) is 6. The van der Waals surface area contributed by atoms with Gasteiger partial charge < -0.3 is 9.64 Å². The summed E-state index contributed by atoms with van der Waals surface area (Å²) >= 11 is 0.